The number of amides is 8. The van der Waals surface area contributed by atoms with Gasteiger partial charge < -0.3 is 79.6 Å². The fraction of sp³-hybridized carbons (Fsp3) is 0.658. The van der Waals surface area contributed by atoms with E-state index in [2.05, 4.69) is 77.4 Å². The zero-order valence-electron chi connectivity index (χ0n) is 36.9. The number of carbonyl (C=O) groups excluding carboxylic acids is 8. The quantitative estimate of drug-likeness (QED) is 0.0161. The molecule has 1 aromatic rings. The number of thiol groups is 2. The fourth-order valence-corrected chi connectivity index (χ4v) is 6.94. The normalized spacial score (nSPS) is 17.0. The lowest BCUT2D eigenvalue weighted by Gasteiger charge is -2.30. The summed E-state index contributed by atoms with van der Waals surface area (Å²) < 4.78 is 0. The number of hydrogen-bond acceptors (Lipinski definition) is 16. The van der Waals surface area contributed by atoms with Crippen LogP contribution < -0.4 is 54.4 Å². The topological polar surface area (TPSA) is 421 Å². The Morgan fingerprint density at radius 1 is 0.864 bits per heavy atom. The molecule has 1 aliphatic heterocycles. The van der Waals surface area contributed by atoms with Crippen molar-refractivity contribution in [1.82, 2.24) is 52.1 Å². The average Bonchev–Trinajstić information content (AvgIpc) is 3.98. The lowest BCUT2D eigenvalue weighted by molar-refractivity contribution is -0.143. The predicted octanol–water partition coefficient (Wildman–Crippen LogP) is -6.29. The van der Waals surface area contributed by atoms with Crippen LogP contribution in [0, 0.1) is 5.92 Å². The van der Waals surface area contributed by atoms with Gasteiger partial charge >= 0.3 is 5.97 Å². The molecular weight excluding hydrogens is 909 g/mol. The first-order valence-electron chi connectivity index (χ1n) is 21.0. The molecule has 1 saturated heterocycles. The van der Waals surface area contributed by atoms with Crippen molar-refractivity contribution in [3.8, 4) is 0 Å². The molecule has 0 aliphatic carbocycles. The van der Waals surface area contributed by atoms with Crippen LogP contribution in [0.3, 0.4) is 0 Å². The number of carboxylic acid groups (broad SMARTS) is 1. The van der Waals surface area contributed by atoms with E-state index in [0.29, 0.717) is 12.1 Å². The third-order valence-corrected chi connectivity index (χ3v) is 10.8. The number of aliphatic imine (C=N–C) groups is 1. The van der Waals surface area contributed by atoms with E-state index in [9.17, 15) is 58.5 Å². The molecule has 28 heteroatoms. The molecule has 17 N–H and O–H groups in total. The van der Waals surface area contributed by atoms with Crippen LogP contribution in [-0.2, 0) is 49.6 Å². The molecule has 0 bridgehead atoms. The number of aromatic amines is 1. The number of carbonyl (C=O) groups is 9. The predicted molar refractivity (Wildman–Crippen MR) is 243 cm³/mol. The van der Waals surface area contributed by atoms with Gasteiger partial charge in [-0.15, -0.1) is 0 Å². The molecule has 1 aromatic heterocycles. The number of carboxylic acids is 1. The molecule has 66 heavy (non-hydrogen) atoms. The molecule has 0 saturated carbocycles. The van der Waals surface area contributed by atoms with Gasteiger partial charge in [0.25, 0.3) is 0 Å². The highest BCUT2D eigenvalue weighted by Gasteiger charge is 2.40. The summed E-state index contributed by atoms with van der Waals surface area (Å²) in [5.74, 6) is -8.75. The molecule has 8 amide bonds. The Bertz CT molecular complexity index is 1850. The highest BCUT2D eigenvalue weighted by atomic mass is 32.1. The molecule has 1 fully saturated rings. The Hall–Kier alpha value is -5.71. The van der Waals surface area contributed by atoms with Gasteiger partial charge in [0.2, 0.25) is 47.3 Å². The maximum Gasteiger partial charge on any atom is 0.327 e. The van der Waals surface area contributed by atoms with Gasteiger partial charge in [0.1, 0.15) is 42.3 Å². The van der Waals surface area contributed by atoms with Gasteiger partial charge in [0.05, 0.1) is 31.6 Å². The number of aliphatic hydroxyl groups is 2. The molecule has 0 unspecified atom stereocenters. The number of rotatable bonds is 28. The first-order valence-corrected chi connectivity index (χ1v) is 22.3. The first-order chi connectivity index (χ1) is 31.1. The number of aromatic nitrogens is 2. The Balaban J connectivity index is 2.16. The van der Waals surface area contributed by atoms with Crippen LogP contribution in [0.15, 0.2) is 17.5 Å². The van der Waals surface area contributed by atoms with Crippen molar-refractivity contribution in [2.75, 3.05) is 37.7 Å². The minimum Gasteiger partial charge on any atom is -0.480 e. The number of aliphatic hydroxyl groups excluding tert-OH is 2. The second kappa shape index (κ2) is 28.4. The summed E-state index contributed by atoms with van der Waals surface area (Å²) in [5, 5.41) is 46.7. The molecule has 26 nitrogen and oxygen atoms in total. The molecule has 9 atom stereocenters. The molecule has 2 rings (SSSR count). The number of likely N-dealkylation sites (tertiary alicyclic amines) is 1. The lowest BCUT2D eigenvalue weighted by atomic mass is 10.0. The van der Waals surface area contributed by atoms with E-state index in [1.807, 2.05) is 0 Å². The van der Waals surface area contributed by atoms with Crippen molar-refractivity contribution in [2.24, 2.45) is 28.1 Å². The van der Waals surface area contributed by atoms with Gasteiger partial charge in [0.15, 0.2) is 5.96 Å². The molecule has 0 spiro atoms. The van der Waals surface area contributed by atoms with E-state index in [1.165, 1.54) is 24.3 Å². The molecule has 0 aromatic carbocycles. The summed E-state index contributed by atoms with van der Waals surface area (Å²) in [5.41, 5.74) is 16.9. The highest BCUT2D eigenvalue weighted by Crippen LogP contribution is 2.20. The fourth-order valence-electron chi connectivity index (χ4n) is 6.53. The molecular formula is C38H64N14O12S2. The van der Waals surface area contributed by atoms with Crippen molar-refractivity contribution >= 4 is 84.4 Å². The number of H-pyrrole nitrogens is 1. The summed E-state index contributed by atoms with van der Waals surface area (Å²) in [6.07, 6.45) is 1.90. The molecule has 2 heterocycles. The smallest absolute Gasteiger partial charge is 0.327 e. The van der Waals surface area contributed by atoms with Crippen molar-refractivity contribution in [2.45, 2.75) is 114 Å². The second-order valence-electron chi connectivity index (χ2n) is 15.9. The average molecular weight is 973 g/mol. The van der Waals surface area contributed by atoms with Gasteiger partial charge in [0, 0.05) is 42.9 Å². The van der Waals surface area contributed by atoms with E-state index in [4.69, 9.17) is 17.2 Å². The van der Waals surface area contributed by atoms with Crippen molar-refractivity contribution < 1.29 is 58.5 Å². The second-order valence-corrected chi connectivity index (χ2v) is 16.6. The van der Waals surface area contributed by atoms with Crippen molar-refractivity contribution in [3.05, 3.63) is 18.2 Å². The SMILES string of the molecule is CC(C)C[C@H](NC(=O)[C@H](CO)NC(=O)[C@H](Cc1cnc[nH]1)NC(=O)CNC(=O)[C@@H](NC(=O)[C@@H]1CCCN1C(=O)[C@H](CCCN=C(N)N)NC(=O)[C@@H](N)CS)[C@@H](C)O)C(=O)N[C@@H](CS)C(=O)O. The number of nitrogens with two attached hydrogens (primary N) is 3. The van der Waals surface area contributed by atoms with Gasteiger partial charge in [-0.1, -0.05) is 13.8 Å². The van der Waals surface area contributed by atoms with Crippen LogP contribution in [0.2, 0.25) is 0 Å². The number of imidazole rings is 1. The van der Waals surface area contributed by atoms with E-state index >= 15 is 0 Å². The Morgan fingerprint density at radius 2 is 1.48 bits per heavy atom. The van der Waals surface area contributed by atoms with E-state index < -0.39 is 121 Å². The Kier molecular flexibility index (Phi) is 24.2. The monoisotopic (exact) mass is 972 g/mol. The Morgan fingerprint density at radius 3 is 2.05 bits per heavy atom. The third-order valence-electron chi connectivity index (χ3n) is 10.0. The van der Waals surface area contributed by atoms with Crippen LogP contribution in [0.4, 0.5) is 0 Å². The molecule has 0 radical (unpaired) electrons. The number of guanidine groups is 1. The lowest BCUT2D eigenvalue weighted by Crippen LogP contribution is -2.60. The zero-order chi connectivity index (χ0) is 49.7. The molecule has 1 aliphatic rings. The van der Waals surface area contributed by atoms with E-state index in [-0.39, 0.29) is 68.6 Å². The number of hydrogen-bond donors (Lipinski definition) is 16. The van der Waals surface area contributed by atoms with Crippen LogP contribution in [0.5, 0.6) is 0 Å². The van der Waals surface area contributed by atoms with Crippen LogP contribution >= 0.6 is 25.3 Å². The van der Waals surface area contributed by atoms with Gasteiger partial charge in [-0.2, -0.15) is 25.3 Å². The molecule has 370 valence electrons. The van der Waals surface area contributed by atoms with Gasteiger partial charge in [-0.3, -0.25) is 43.3 Å². The summed E-state index contributed by atoms with van der Waals surface area (Å²) >= 11 is 7.96. The number of aliphatic carboxylic acids is 1. The third kappa shape index (κ3) is 18.6. The maximum absolute atomic E-state index is 13.8. The zero-order valence-corrected chi connectivity index (χ0v) is 38.7. The van der Waals surface area contributed by atoms with Crippen molar-refractivity contribution in [1.29, 1.82) is 0 Å². The van der Waals surface area contributed by atoms with Gasteiger partial charge in [-0.25, -0.2) is 9.78 Å². The minimum absolute atomic E-state index is 0.00651. The van der Waals surface area contributed by atoms with Crippen LogP contribution in [0.25, 0.3) is 0 Å². The number of nitrogens with zero attached hydrogens (tertiary/aromatic N) is 3. The van der Waals surface area contributed by atoms with Crippen LogP contribution in [0.1, 0.15) is 58.6 Å². The van der Waals surface area contributed by atoms with E-state index in [1.54, 1.807) is 13.8 Å². The summed E-state index contributed by atoms with van der Waals surface area (Å²) in [4.78, 5) is 130. The largest absolute Gasteiger partial charge is 0.480 e. The van der Waals surface area contributed by atoms with Gasteiger partial charge in [-0.05, 0) is 44.9 Å². The summed E-state index contributed by atoms with van der Waals surface area (Å²) in [7, 11) is 0. The Labute approximate surface area is 391 Å². The summed E-state index contributed by atoms with van der Waals surface area (Å²) in [6.45, 7) is 3.24. The highest BCUT2D eigenvalue weighted by molar-refractivity contribution is 7.80. The van der Waals surface area contributed by atoms with Crippen LogP contribution in [-0.4, -0.2) is 182 Å². The van der Waals surface area contributed by atoms with Crippen molar-refractivity contribution in [3.63, 3.8) is 0 Å². The van der Waals surface area contributed by atoms with E-state index in [0.717, 1.165) is 0 Å². The number of nitrogens with one attached hydrogen (secondary N) is 8. The standard InChI is InChI=1S/C38H64N14O12S2/c1-18(2)10-23(31(57)50-26(16-66)37(63)64)48-33(59)25(14-53)49-32(58)24(11-20-12-42-17-45-20)46-28(55)13-44-35(61)29(19(3)54)51-34(60)27-7-5-9-52(27)36(62)22(6-4-8-43-38(40)41)47-30(56)21(39)15-65/h12,17-19,21-27,29,53-54,65-66H,4-11,13-16,39H2,1-3H3,(H,42,45)(H,44,61)(H,46,55)(H,47,56)(H,48,59)(H,49,58)(H,50,57)(H,51,60)(H,63,64)(H4,40,41,43)/t19-,21+,22+,23+,24+,25+,26+,27+,29+/m1/s1. The first kappa shape index (κ1) is 56.4. The maximum atomic E-state index is 13.8. The summed E-state index contributed by atoms with van der Waals surface area (Å²) in [6, 6.07) is -10.6. The minimum atomic E-state index is -1.65.